The number of hydrogen-bond acceptors (Lipinski definition) is 1. The second-order valence-corrected chi connectivity index (χ2v) is 4.46. The Morgan fingerprint density at radius 2 is 1.75 bits per heavy atom. The summed E-state index contributed by atoms with van der Waals surface area (Å²) in [6.07, 6.45) is 9.14. The van der Waals surface area contributed by atoms with Crippen LogP contribution in [-0.4, -0.2) is 15.3 Å². The van der Waals surface area contributed by atoms with E-state index in [-0.39, 0.29) is 5.78 Å². The summed E-state index contributed by atoms with van der Waals surface area (Å²) in [4.78, 5) is 15.1. The third-order valence-electron chi connectivity index (χ3n) is 3.09. The average molecular weight is 262 g/mol. The summed E-state index contributed by atoms with van der Waals surface area (Å²) in [5, 5.41) is 0. The monoisotopic (exact) mass is 262 g/mol. The van der Waals surface area contributed by atoms with E-state index in [1.54, 1.807) is 12.2 Å². The number of nitrogens with one attached hydrogen (secondary N) is 1. The van der Waals surface area contributed by atoms with Crippen LogP contribution < -0.4 is 0 Å². The number of benzene rings is 1. The van der Waals surface area contributed by atoms with Crippen LogP contribution in [0.5, 0.6) is 0 Å². The molecule has 20 heavy (non-hydrogen) atoms. The van der Waals surface area contributed by atoms with Crippen LogP contribution in [0.3, 0.4) is 0 Å². The fraction of sp³-hybridized carbons (Fsp3) is 0. The minimum atomic E-state index is -0.00124. The molecule has 0 aliphatic carbocycles. The van der Waals surface area contributed by atoms with Crippen molar-refractivity contribution in [3.63, 3.8) is 0 Å². The molecule has 0 saturated heterocycles. The van der Waals surface area contributed by atoms with Gasteiger partial charge >= 0.3 is 0 Å². The van der Waals surface area contributed by atoms with Gasteiger partial charge in [0.15, 0.2) is 5.78 Å². The number of H-pyrrole nitrogens is 1. The van der Waals surface area contributed by atoms with E-state index < -0.39 is 0 Å². The lowest BCUT2D eigenvalue weighted by atomic mass is 10.1. The number of rotatable bonds is 4. The second-order valence-electron chi connectivity index (χ2n) is 4.46. The molecule has 0 unspecified atom stereocenters. The first-order chi connectivity index (χ1) is 9.83. The molecule has 0 radical (unpaired) electrons. The van der Waals surface area contributed by atoms with E-state index in [0.29, 0.717) is 5.56 Å². The van der Waals surface area contributed by atoms with Crippen LogP contribution in [0.4, 0.5) is 0 Å². The summed E-state index contributed by atoms with van der Waals surface area (Å²) in [7, 11) is 0. The van der Waals surface area contributed by atoms with Crippen LogP contribution in [0.2, 0.25) is 0 Å². The van der Waals surface area contributed by atoms with Crippen LogP contribution in [0, 0.1) is 0 Å². The molecule has 3 heteroatoms. The molecule has 0 saturated carbocycles. The highest BCUT2D eigenvalue weighted by atomic mass is 16.1. The third kappa shape index (κ3) is 2.62. The quantitative estimate of drug-likeness (QED) is 0.565. The Morgan fingerprint density at radius 1 is 1.00 bits per heavy atom. The largest absolute Gasteiger partial charge is 0.362 e. The predicted molar refractivity (Wildman–Crippen MR) is 79.9 cm³/mol. The summed E-state index contributed by atoms with van der Waals surface area (Å²) in [5.41, 5.74) is 2.64. The molecular weight excluding hydrogens is 248 g/mol. The first-order valence-electron chi connectivity index (χ1n) is 6.42. The van der Waals surface area contributed by atoms with E-state index in [0.717, 1.165) is 11.4 Å². The standard InChI is InChI=1S/C17H14N2O/c20-17(10-7-15-4-3-11-18-15)14-5-8-16(9-6-14)19-12-1-2-13-19/h1-13,18H/b10-7+. The summed E-state index contributed by atoms with van der Waals surface area (Å²) in [6, 6.07) is 15.3. The molecule has 0 spiro atoms. The lowest BCUT2D eigenvalue weighted by molar-refractivity contribution is 0.104. The summed E-state index contributed by atoms with van der Waals surface area (Å²) in [5.74, 6) is -0.00124. The fourth-order valence-electron chi connectivity index (χ4n) is 2.01. The molecule has 3 rings (SSSR count). The van der Waals surface area contributed by atoms with Gasteiger partial charge in [-0.15, -0.1) is 0 Å². The van der Waals surface area contributed by atoms with Crippen LogP contribution >= 0.6 is 0 Å². The van der Waals surface area contributed by atoms with Crippen molar-refractivity contribution >= 4 is 11.9 Å². The highest BCUT2D eigenvalue weighted by Crippen LogP contribution is 2.11. The summed E-state index contributed by atoms with van der Waals surface area (Å²) in [6.45, 7) is 0. The van der Waals surface area contributed by atoms with E-state index >= 15 is 0 Å². The van der Waals surface area contributed by atoms with Crippen molar-refractivity contribution in [3.05, 3.63) is 84.5 Å². The molecule has 1 aromatic carbocycles. The Morgan fingerprint density at radius 3 is 2.40 bits per heavy atom. The number of aromatic amines is 1. The van der Waals surface area contributed by atoms with Gasteiger partial charge in [0.2, 0.25) is 0 Å². The van der Waals surface area contributed by atoms with Gasteiger partial charge in [-0.3, -0.25) is 4.79 Å². The van der Waals surface area contributed by atoms with Gasteiger partial charge in [0.1, 0.15) is 0 Å². The Hall–Kier alpha value is -2.81. The predicted octanol–water partition coefficient (Wildman–Crippen LogP) is 3.70. The number of allylic oxidation sites excluding steroid dienone is 1. The SMILES string of the molecule is O=C(/C=C/c1ccc[nH]1)c1ccc(-n2cccc2)cc1. The van der Waals surface area contributed by atoms with Gasteiger partial charge in [-0.1, -0.05) is 0 Å². The van der Waals surface area contributed by atoms with Crippen molar-refractivity contribution in [3.8, 4) is 5.69 Å². The molecule has 1 N–H and O–H groups in total. The van der Waals surface area contributed by atoms with E-state index in [4.69, 9.17) is 0 Å². The second kappa shape index (κ2) is 5.45. The zero-order valence-electron chi connectivity index (χ0n) is 10.9. The normalized spacial score (nSPS) is 11.0. The fourth-order valence-corrected chi connectivity index (χ4v) is 2.01. The van der Waals surface area contributed by atoms with Crippen molar-refractivity contribution in [2.45, 2.75) is 0 Å². The van der Waals surface area contributed by atoms with Gasteiger partial charge in [0.05, 0.1) is 0 Å². The Balaban J connectivity index is 1.76. The van der Waals surface area contributed by atoms with Gasteiger partial charge in [0, 0.05) is 35.5 Å². The molecule has 0 amide bonds. The summed E-state index contributed by atoms with van der Waals surface area (Å²) < 4.78 is 2.00. The molecule has 3 nitrogen and oxygen atoms in total. The van der Waals surface area contributed by atoms with Crippen LogP contribution in [0.25, 0.3) is 11.8 Å². The number of aromatic nitrogens is 2. The van der Waals surface area contributed by atoms with Crippen molar-refractivity contribution in [2.75, 3.05) is 0 Å². The molecule has 0 fully saturated rings. The average Bonchev–Trinajstić information content (AvgIpc) is 3.18. The maximum atomic E-state index is 12.0. The minimum absolute atomic E-state index is 0.00124. The third-order valence-corrected chi connectivity index (χ3v) is 3.09. The molecule has 98 valence electrons. The van der Waals surface area contributed by atoms with Gasteiger partial charge in [0.25, 0.3) is 0 Å². The first kappa shape index (κ1) is 12.2. The number of hydrogen-bond donors (Lipinski definition) is 1. The Bertz CT molecular complexity index is 705. The van der Waals surface area contributed by atoms with Crippen molar-refractivity contribution in [1.82, 2.24) is 9.55 Å². The Labute approximate surface area is 117 Å². The van der Waals surface area contributed by atoms with E-state index in [2.05, 4.69) is 4.98 Å². The number of carbonyl (C=O) groups is 1. The van der Waals surface area contributed by atoms with Gasteiger partial charge in [-0.25, -0.2) is 0 Å². The number of ketones is 1. The lowest BCUT2D eigenvalue weighted by Crippen LogP contribution is -1.96. The number of nitrogens with zero attached hydrogens (tertiary/aromatic N) is 1. The topological polar surface area (TPSA) is 37.8 Å². The van der Waals surface area contributed by atoms with E-state index in [1.807, 2.05) is 71.7 Å². The zero-order valence-corrected chi connectivity index (χ0v) is 10.9. The first-order valence-corrected chi connectivity index (χ1v) is 6.42. The molecule has 0 atom stereocenters. The van der Waals surface area contributed by atoms with Crippen molar-refractivity contribution in [1.29, 1.82) is 0 Å². The molecule has 2 aromatic heterocycles. The van der Waals surface area contributed by atoms with Gasteiger partial charge in [-0.2, -0.15) is 0 Å². The molecule has 3 aromatic rings. The van der Waals surface area contributed by atoms with Crippen LogP contribution in [0.15, 0.2) is 73.2 Å². The molecule has 0 aliphatic rings. The highest BCUT2D eigenvalue weighted by Gasteiger charge is 2.02. The smallest absolute Gasteiger partial charge is 0.185 e. The van der Waals surface area contributed by atoms with Gasteiger partial charge < -0.3 is 9.55 Å². The van der Waals surface area contributed by atoms with Crippen LogP contribution in [-0.2, 0) is 0 Å². The molecular formula is C17H14N2O. The zero-order chi connectivity index (χ0) is 13.8. The van der Waals surface area contributed by atoms with Crippen molar-refractivity contribution in [2.24, 2.45) is 0 Å². The molecule has 2 heterocycles. The van der Waals surface area contributed by atoms with Crippen molar-refractivity contribution < 1.29 is 4.79 Å². The maximum Gasteiger partial charge on any atom is 0.185 e. The Kier molecular flexibility index (Phi) is 3.33. The van der Waals surface area contributed by atoms with E-state index in [1.165, 1.54) is 0 Å². The van der Waals surface area contributed by atoms with Gasteiger partial charge in [-0.05, 0) is 60.7 Å². The molecule has 0 aliphatic heterocycles. The van der Waals surface area contributed by atoms with Crippen LogP contribution in [0.1, 0.15) is 16.1 Å². The van der Waals surface area contributed by atoms with E-state index in [9.17, 15) is 4.79 Å². The maximum absolute atomic E-state index is 12.0. The lowest BCUT2D eigenvalue weighted by Gasteiger charge is -2.03. The number of carbonyl (C=O) groups excluding carboxylic acids is 1. The summed E-state index contributed by atoms with van der Waals surface area (Å²) >= 11 is 0. The highest BCUT2D eigenvalue weighted by molar-refractivity contribution is 6.06. The molecule has 0 bridgehead atoms. The minimum Gasteiger partial charge on any atom is -0.362 e.